The second-order valence-corrected chi connectivity index (χ2v) is 16.5. The van der Waals surface area contributed by atoms with E-state index in [0.29, 0.717) is 12.8 Å². The quantitative estimate of drug-likeness (QED) is 0.144. The summed E-state index contributed by atoms with van der Waals surface area (Å²) in [5, 5.41) is 25.2. The Morgan fingerprint density at radius 2 is 1.61 bits per heavy atom. The van der Waals surface area contributed by atoms with Gasteiger partial charge in [0.25, 0.3) is 11.8 Å². The van der Waals surface area contributed by atoms with Crippen molar-refractivity contribution in [3.8, 4) is 0 Å². The molecule has 1 aromatic rings. The molecule has 54 heavy (non-hydrogen) atoms. The maximum absolute atomic E-state index is 14.2. The highest BCUT2D eigenvalue weighted by Crippen LogP contribution is 2.28. The van der Waals surface area contributed by atoms with Gasteiger partial charge in [-0.05, 0) is 49.4 Å². The SMILES string of the molecule is CCC[C@H](NC(=O)[C@@H]1CN(C(=O)OCC(C)C)C[C@@H]1NC(=O)[C@@H](NC(=O)[C@@H](NC(=O)c1cnccn1)C1CCCCC1)C(C)(C)C)C(O)C(=O)NC1CC1. The Kier molecular flexibility index (Phi) is 15.2. The third-order valence-corrected chi connectivity index (χ3v) is 10.2. The van der Waals surface area contributed by atoms with Crippen LogP contribution in [0.4, 0.5) is 4.79 Å². The molecule has 2 heterocycles. The molecule has 1 aromatic heterocycles. The van der Waals surface area contributed by atoms with Gasteiger partial charge < -0.3 is 41.3 Å². The van der Waals surface area contributed by atoms with Crippen LogP contribution >= 0.6 is 0 Å². The lowest BCUT2D eigenvalue weighted by molar-refractivity contribution is -0.135. The zero-order valence-corrected chi connectivity index (χ0v) is 32.6. The fourth-order valence-corrected chi connectivity index (χ4v) is 6.97. The Labute approximate surface area is 318 Å². The zero-order valence-electron chi connectivity index (χ0n) is 32.6. The van der Waals surface area contributed by atoms with Crippen LogP contribution in [0.15, 0.2) is 18.6 Å². The Bertz CT molecular complexity index is 1460. The van der Waals surface area contributed by atoms with Gasteiger partial charge >= 0.3 is 6.09 Å². The van der Waals surface area contributed by atoms with Crippen molar-refractivity contribution < 1.29 is 38.6 Å². The molecule has 3 aliphatic rings. The van der Waals surface area contributed by atoms with E-state index in [0.717, 1.165) is 44.9 Å². The standard InChI is InChI=1S/C38H60N8O8/c1-7-11-26(30(47)35(51)41-24-14-15-24)42-32(48)25-19-46(37(53)54-21-22(2)3)20-28(25)43-36(52)31(38(4,5)6)45-34(50)29(23-12-9-8-10-13-23)44-33(49)27-18-39-16-17-40-27/h16-18,22-26,28-31,47H,7-15,19-21H2,1-6H3,(H,41,51)(H,42,48)(H,43,52)(H,44,49)(H,45,50)/t25-,26+,28+,29+,30?,31-/m1/s1. The van der Waals surface area contributed by atoms with Gasteiger partial charge in [-0.2, -0.15) is 0 Å². The van der Waals surface area contributed by atoms with E-state index < -0.39 is 77.2 Å². The van der Waals surface area contributed by atoms with Gasteiger partial charge in [0.15, 0.2) is 6.10 Å². The Morgan fingerprint density at radius 1 is 0.907 bits per heavy atom. The number of aromatic nitrogens is 2. The fourth-order valence-electron chi connectivity index (χ4n) is 6.97. The first kappa shape index (κ1) is 42.4. The maximum Gasteiger partial charge on any atom is 0.409 e. The van der Waals surface area contributed by atoms with Gasteiger partial charge in [-0.25, -0.2) is 9.78 Å². The molecule has 1 unspecified atom stereocenters. The molecule has 1 aliphatic heterocycles. The number of aliphatic hydroxyl groups excluding tert-OH is 1. The molecule has 6 N–H and O–H groups in total. The van der Waals surface area contributed by atoms with Gasteiger partial charge in [-0.3, -0.25) is 29.0 Å². The molecule has 6 amide bonds. The number of carbonyl (C=O) groups excluding carboxylic acids is 6. The van der Waals surface area contributed by atoms with Crippen molar-refractivity contribution in [1.29, 1.82) is 0 Å². The molecule has 2 aliphatic carbocycles. The minimum Gasteiger partial charge on any atom is -0.449 e. The van der Waals surface area contributed by atoms with Gasteiger partial charge in [0, 0.05) is 31.5 Å². The first-order chi connectivity index (χ1) is 25.6. The summed E-state index contributed by atoms with van der Waals surface area (Å²) in [6.07, 6.45) is 8.90. The topological polar surface area (TPSA) is 221 Å². The summed E-state index contributed by atoms with van der Waals surface area (Å²) in [5.41, 5.74) is -0.751. The summed E-state index contributed by atoms with van der Waals surface area (Å²) < 4.78 is 5.45. The van der Waals surface area contributed by atoms with E-state index >= 15 is 0 Å². The number of hydrogen-bond donors (Lipinski definition) is 6. The molecule has 6 atom stereocenters. The van der Waals surface area contributed by atoms with Crippen molar-refractivity contribution in [3.63, 3.8) is 0 Å². The number of amides is 6. The molecule has 0 spiro atoms. The number of carbonyl (C=O) groups is 6. The average Bonchev–Trinajstić information content (AvgIpc) is 3.86. The Morgan fingerprint density at radius 3 is 2.20 bits per heavy atom. The number of nitrogens with zero attached hydrogens (tertiary/aromatic N) is 3. The van der Waals surface area contributed by atoms with Crippen molar-refractivity contribution in [3.05, 3.63) is 24.3 Å². The van der Waals surface area contributed by atoms with E-state index in [9.17, 15) is 33.9 Å². The van der Waals surface area contributed by atoms with Crippen LogP contribution in [-0.4, -0.2) is 112 Å². The predicted octanol–water partition coefficient (Wildman–Crippen LogP) is 1.82. The van der Waals surface area contributed by atoms with Crippen LogP contribution in [0.25, 0.3) is 0 Å². The summed E-state index contributed by atoms with van der Waals surface area (Å²) in [5.74, 6) is -3.80. The highest BCUT2D eigenvalue weighted by Gasteiger charge is 2.45. The van der Waals surface area contributed by atoms with Crippen molar-refractivity contribution in [2.45, 2.75) is 136 Å². The first-order valence-electron chi connectivity index (χ1n) is 19.5. The fraction of sp³-hybridized carbons (Fsp3) is 0.737. The third kappa shape index (κ3) is 12.1. The van der Waals surface area contributed by atoms with E-state index in [1.807, 2.05) is 20.8 Å². The van der Waals surface area contributed by atoms with E-state index in [1.165, 1.54) is 23.5 Å². The molecule has 0 radical (unpaired) electrons. The highest BCUT2D eigenvalue weighted by atomic mass is 16.6. The molecule has 0 aromatic carbocycles. The number of ether oxygens (including phenoxy) is 1. The molecule has 16 heteroatoms. The minimum atomic E-state index is -1.48. The van der Waals surface area contributed by atoms with Crippen molar-refractivity contribution >= 4 is 35.6 Å². The van der Waals surface area contributed by atoms with E-state index in [2.05, 4.69) is 36.6 Å². The Balaban J connectivity index is 1.53. The summed E-state index contributed by atoms with van der Waals surface area (Å²) in [7, 11) is 0. The summed E-state index contributed by atoms with van der Waals surface area (Å²) >= 11 is 0. The molecule has 3 fully saturated rings. The molecular weight excluding hydrogens is 696 g/mol. The smallest absolute Gasteiger partial charge is 0.409 e. The second-order valence-electron chi connectivity index (χ2n) is 16.5. The van der Waals surface area contributed by atoms with Gasteiger partial charge in [-0.15, -0.1) is 0 Å². The lowest BCUT2D eigenvalue weighted by Gasteiger charge is -2.35. The number of hydrogen-bond acceptors (Lipinski definition) is 10. The highest BCUT2D eigenvalue weighted by molar-refractivity contribution is 5.97. The van der Waals surface area contributed by atoms with Crippen LogP contribution in [0.3, 0.4) is 0 Å². The van der Waals surface area contributed by atoms with Crippen LogP contribution in [0.2, 0.25) is 0 Å². The van der Waals surface area contributed by atoms with Gasteiger partial charge in [-0.1, -0.05) is 67.2 Å². The van der Waals surface area contributed by atoms with Gasteiger partial charge in [0.05, 0.1) is 30.8 Å². The molecule has 300 valence electrons. The normalized spacial score (nSPS) is 21.3. The number of rotatable bonds is 16. The molecule has 0 bridgehead atoms. The van der Waals surface area contributed by atoms with Gasteiger partial charge in [0.1, 0.15) is 17.8 Å². The van der Waals surface area contributed by atoms with Crippen LogP contribution < -0.4 is 26.6 Å². The monoisotopic (exact) mass is 756 g/mol. The van der Waals surface area contributed by atoms with E-state index in [1.54, 1.807) is 20.8 Å². The van der Waals surface area contributed by atoms with Crippen LogP contribution in [0.1, 0.15) is 110 Å². The molecule has 2 saturated carbocycles. The predicted molar refractivity (Wildman–Crippen MR) is 198 cm³/mol. The largest absolute Gasteiger partial charge is 0.449 e. The maximum atomic E-state index is 14.2. The zero-order chi connectivity index (χ0) is 39.6. The number of aliphatic hydroxyl groups is 1. The Hall–Kier alpha value is -4.34. The van der Waals surface area contributed by atoms with Crippen LogP contribution in [0.5, 0.6) is 0 Å². The van der Waals surface area contributed by atoms with E-state index in [4.69, 9.17) is 4.74 Å². The van der Waals surface area contributed by atoms with Crippen molar-refractivity contribution in [2.24, 2.45) is 23.2 Å². The summed E-state index contributed by atoms with van der Waals surface area (Å²) in [6.45, 7) is 11.1. The second kappa shape index (κ2) is 19.3. The van der Waals surface area contributed by atoms with Crippen LogP contribution in [0, 0.1) is 23.2 Å². The minimum absolute atomic E-state index is 0.0219. The summed E-state index contributed by atoms with van der Waals surface area (Å²) in [4.78, 5) is 90.6. The molecule has 1 saturated heterocycles. The lowest BCUT2D eigenvalue weighted by Crippen LogP contribution is -2.61. The van der Waals surface area contributed by atoms with E-state index in [-0.39, 0.29) is 43.3 Å². The first-order valence-corrected chi connectivity index (χ1v) is 19.5. The molecule has 4 rings (SSSR count). The van der Waals surface area contributed by atoms with Crippen LogP contribution in [-0.2, 0) is 23.9 Å². The molecule has 16 nitrogen and oxygen atoms in total. The summed E-state index contributed by atoms with van der Waals surface area (Å²) in [6, 6.07) is -3.80. The number of likely N-dealkylation sites (tertiary alicyclic amines) is 1. The lowest BCUT2D eigenvalue weighted by atomic mass is 9.82. The average molecular weight is 757 g/mol. The number of nitrogens with one attached hydrogen (secondary N) is 5. The third-order valence-electron chi connectivity index (χ3n) is 10.2. The van der Waals surface area contributed by atoms with Gasteiger partial charge in [0.2, 0.25) is 17.7 Å². The van der Waals surface area contributed by atoms with Crippen molar-refractivity contribution in [1.82, 2.24) is 41.5 Å². The molecular formula is C38H60N8O8. The van der Waals surface area contributed by atoms with Crippen molar-refractivity contribution in [2.75, 3.05) is 19.7 Å².